The molecule has 0 saturated heterocycles. The average molecular weight is 357 g/mol. The summed E-state index contributed by atoms with van der Waals surface area (Å²) in [7, 11) is 3.14. The summed E-state index contributed by atoms with van der Waals surface area (Å²) in [5.41, 5.74) is 1.60. The number of carbonyl (C=O) groups excluding carboxylic acids is 1. The number of carbonyl (C=O) groups is 1. The molecule has 1 aliphatic carbocycles. The number of amides is 1. The molecule has 0 atom stereocenters. The zero-order valence-corrected chi connectivity index (χ0v) is 15.4. The molecule has 1 fully saturated rings. The fraction of sp³-hybridized carbons (Fsp3) is 0.381. The Morgan fingerprint density at radius 3 is 2.35 bits per heavy atom. The van der Waals surface area contributed by atoms with E-state index in [1.807, 2.05) is 19.1 Å². The molecule has 5 heteroatoms. The van der Waals surface area contributed by atoms with E-state index in [-0.39, 0.29) is 11.7 Å². The summed E-state index contributed by atoms with van der Waals surface area (Å²) in [5, 5.41) is 3.04. The fourth-order valence-electron chi connectivity index (χ4n) is 3.77. The predicted octanol–water partition coefficient (Wildman–Crippen LogP) is 4.60. The highest BCUT2D eigenvalue weighted by Crippen LogP contribution is 2.43. The Hall–Kier alpha value is -2.56. The van der Waals surface area contributed by atoms with E-state index in [0.717, 1.165) is 24.0 Å². The Bertz CT molecular complexity index is 813. The first-order valence-corrected chi connectivity index (χ1v) is 8.80. The van der Waals surface area contributed by atoms with E-state index in [2.05, 4.69) is 5.32 Å². The number of aryl methyl sites for hydroxylation is 1. The number of ether oxygens (including phenoxy) is 2. The third-order valence-electron chi connectivity index (χ3n) is 5.25. The van der Waals surface area contributed by atoms with Gasteiger partial charge in [-0.25, -0.2) is 4.39 Å². The molecular formula is C21H24FNO3. The molecule has 0 unspecified atom stereocenters. The van der Waals surface area contributed by atoms with Crippen LogP contribution in [0.1, 0.15) is 36.8 Å². The number of methoxy groups -OCH3 is 2. The molecule has 26 heavy (non-hydrogen) atoms. The van der Waals surface area contributed by atoms with Gasteiger partial charge in [-0.3, -0.25) is 4.79 Å². The zero-order chi connectivity index (χ0) is 18.7. The normalized spacial score (nSPS) is 15.5. The quantitative estimate of drug-likeness (QED) is 0.851. The number of rotatable bonds is 5. The van der Waals surface area contributed by atoms with Crippen LogP contribution in [-0.2, 0) is 10.2 Å². The first-order valence-electron chi connectivity index (χ1n) is 8.80. The Labute approximate surface area is 153 Å². The molecule has 2 aromatic carbocycles. The Kier molecular flexibility index (Phi) is 5.16. The minimum absolute atomic E-state index is 0.101. The molecule has 2 aromatic rings. The van der Waals surface area contributed by atoms with Crippen LogP contribution in [0.5, 0.6) is 11.5 Å². The van der Waals surface area contributed by atoms with E-state index in [1.54, 1.807) is 26.4 Å². The van der Waals surface area contributed by atoms with Crippen LogP contribution in [0.25, 0.3) is 0 Å². The molecule has 0 bridgehead atoms. The minimum Gasteiger partial charge on any atom is -0.493 e. The van der Waals surface area contributed by atoms with Gasteiger partial charge in [-0.1, -0.05) is 25.0 Å². The second-order valence-corrected chi connectivity index (χ2v) is 6.78. The number of benzene rings is 2. The van der Waals surface area contributed by atoms with Gasteiger partial charge in [0.25, 0.3) is 0 Å². The van der Waals surface area contributed by atoms with Crippen LogP contribution in [0.4, 0.5) is 10.1 Å². The molecule has 1 aliphatic rings. The monoisotopic (exact) mass is 357 g/mol. The summed E-state index contributed by atoms with van der Waals surface area (Å²) in [5.74, 6) is 0.753. The number of halogens is 1. The predicted molar refractivity (Wildman–Crippen MR) is 99.5 cm³/mol. The van der Waals surface area contributed by atoms with Crippen molar-refractivity contribution in [1.29, 1.82) is 0 Å². The van der Waals surface area contributed by atoms with Crippen molar-refractivity contribution in [2.24, 2.45) is 0 Å². The molecule has 138 valence electrons. The van der Waals surface area contributed by atoms with Crippen LogP contribution < -0.4 is 14.8 Å². The van der Waals surface area contributed by atoms with Crippen LogP contribution in [0.15, 0.2) is 36.4 Å². The maximum absolute atomic E-state index is 13.8. The molecule has 0 radical (unpaired) electrons. The lowest BCUT2D eigenvalue weighted by Gasteiger charge is -2.29. The van der Waals surface area contributed by atoms with Crippen molar-refractivity contribution in [3.63, 3.8) is 0 Å². The lowest BCUT2D eigenvalue weighted by Crippen LogP contribution is -2.38. The third kappa shape index (κ3) is 3.26. The molecule has 0 aromatic heterocycles. The minimum atomic E-state index is -0.693. The topological polar surface area (TPSA) is 47.6 Å². The van der Waals surface area contributed by atoms with Gasteiger partial charge in [0.1, 0.15) is 5.82 Å². The molecule has 4 nitrogen and oxygen atoms in total. The second kappa shape index (κ2) is 7.36. The maximum atomic E-state index is 13.8. The first kappa shape index (κ1) is 18.2. The molecule has 1 N–H and O–H groups in total. The Balaban J connectivity index is 1.95. The van der Waals surface area contributed by atoms with Crippen molar-refractivity contribution in [2.75, 3.05) is 19.5 Å². The van der Waals surface area contributed by atoms with Gasteiger partial charge in [-0.05, 0) is 49.1 Å². The van der Waals surface area contributed by atoms with Gasteiger partial charge in [0.2, 0.25) is 5.91 Å². The number of hydrogen-bond donors (Lipinski definition) is 1. The molecule has 0 aliphatic heterocycles. The summed E-state index contributed by atoms with van der Waals surface area (Å²) < 4.78 is 24.4. The van der Waals surface area contributed by atoms with Crippen LogP contribution >= 0.6 is 0 Å². The van der Waals surface area contributed by atoms with E-state index < -0.39 is 5.41 Å². The highest BCUT2D eigenvalue weighted by molar-refractivity contribution is 6.00. The van der Waals surface area contributed by atoms with E-state index in [9.17, 15) is 9.18 Å². The van der Waals surface area contributed by atoms with E-state index >= 15 is 0 Å². The molecule has 3 rings (SSSR count). The van der Waals surface area contributed by atoms with Gasteiger partial charge < -0.3 is 14.8 Å². The number of nitrogens with one attached hydrogen (secondary N) is 1. The van der Waals surface area contributed by atoms with Gasteiger partial charge in [0.05, 0.1) is 19.6 Å². The van der Waals surface area contributed by atoms with Crippen molar-refractivity contribution in [1.82, 2.24) is 0 Å². The lowest BCUT2D eigenvalue weighted by atomic mass is 9.78. The molecular weight excluding hydrogens is 333 g/mol. The van der Waals surface area contributed by atoms with E-state index in [4.69, 9.17) is 9.47 Å². The number of anilines is 1. The maximum Gasteiger partial charge on any atom is 0.235 e. The van der Waals surface area contributed by atoms with Crippen molar-refractivity contribution < 1.29 is 18.7 Å². The van der Waals surface area contributed by atoms with Crippen LogP contribution in [0, 0.1) is 12.7 Å². The van der Waals surface area contributed by atoms with Gasteiger partial charge in [0, 0.05) is 11.8 Å². The summed E-state index contributed by atoms with van der Waals surface area (Å²) in [6.45, 7) is 1.90. The standard InChI is InChI=1S/C21H24FNO3/c1-14-11-18(25-2)19(26-3)13-17(14)23-20(24)21(9-4-5-10-21)15-7-6-8-16(22)12-15/h6-8,11-13H,4-5,9-10H2,1-3H3,(H,23,24). The van der Waals surface area contributed by atoms with Crippen molar-refractivity contribution >= 4 is 11.6 Å². The van der Waals surface area contributed by atoms with E-state index in [1.165, 1.54) is 12.1 Å². The molecule has 1 amide bonds. The summed E-state index contributed by atoms with van der Waals surface area (Å²) in [4.78, 5) is 13.2. The van der Waals surface area contributed by atoms with Crippen molar-refractivity contribution in [2.45, 2.75) is 38.0 Å². The van der Waals surface area contributed by atoms with Crippen LogP contribution in [0.2, 0.25) is 0 Å². The van der Waals surface area contributed by atoms with Crippen LogP contribution in [0.3, 0.4) is 0 Å². The van der Waals surface area contributed by atoms with Gasteiger partial charge in [-0.15, -0.1) is 0 Å². The van der Waals surface area contributed by atoms with E-state index in [0.29, 0.717) is 30.0 Å². The Morgan fingerprint density at radius 1 is 1.08 bits per heavy atom. The SMILES string of the molecule is COc1cc(C)c(NC(=O)C2(c3cccc(F)c3)CCCC2)cc1OC. The molecule has 0 spiro atoms. The third-order valence-corrected chi connectivity index (χ3v) is 5.25. The Morgan fingerprint density at radius 2 is 1.73 bits per heavy atom. The largest absolute Gasteiger partial charge is 0.493 e. The van der Waals surface area contributed by atoms with Gasteiger partial charge in [-0.2, -0.15) is 0 Å². The van der Waals surface area contributed by atoms with Gasteiger partial charge >= 0.3 is 0 Å². The zero-order valence-electron chi connectivity index (χ0n) is 15.4. The molecule has 0 heterocycles. The van der Waals surface area contributed by atoms with Gasteiger partial charge in [0.15, 0.2) is 11.5 Å². The van der Waals surface area contributed by atoms with Crippen LogP contribution in [-0.4, -0.2) is 20.1 Å². The second-order valence-electron chi connectivity index (χ2n) is 6.78. The fourth-order valence-corrected chi connectivity index (χ4v) is 3.77. The molecule has 1 saturated carbocycles. The first-order chi connectivity index (χ1) is 12.5. The average Bonchev–Trinajstić information content (AvgIpc) is 3.14. The number of hydrogen-bond acceptors (Lipinski definition) is 3. The smallest absolute Gasteiger partial charge is 0.235 e. The summed E-state index contributed by atoms with van der Waals surface area (Å²) in [6.07, 6.45) is 3.34. The van der Waals surface area contributed by atoms with Crippen molar-refractivity contribution in [3.8, 4) is 11.5 Å². The van der Waals surface area contributed by atoms with Crippen molar-refractivity contribution in [3.05, 3.63) is 53.3 Å². The lowest BCUT2D eigenvalue weighted by molar-refractivity contribution is -0.121. The highest BCUT2D eigenvalue weighted by Gasteiger charge is 2.43. The summed E-state index contributed by atoms with van der Waals surface area (Å²) in [6, 6.07) is 9.99. The highest BCUT2D eigenvalue weighted by atomic mass is 19.1. The summed E-state index contributed by atoms with van der Waals surface area (Å²) >= 11 is 0.